The van der Waals surface area contributed by atoms with Crippen LogP contribution in [0.25, 0.3) is 0 Å². The summed E-state index contributed by atoms with van der Waals surface area (Å²) < 4.78 is 11.3. The molecule has 0 bridgehead atoms. The first-order valence-corrected chi connectivity index (χ1v) is 7.09. The van der Waals surface area contributed by atoms with E-state index in [2.05, 4.69) is 35.1 Å². The number of benzene rings is 1. The molecule has 0 saturated carbocycles. The SMILES string of the molecule is COc1cc(Br)c(C(O)CNCC(C)C)cc1OC. The highest BCUT2D eigenvalue weighted by atomic mass is 79.9. The third kappa shape index (κ3) is 4.67. The van der Waals surface area contributed by atoms with Crippen LogP contribution in [-0.4, -0.2) is 32.4 Å². The number of ether oxygens (including phenoxy) is 2. The molecule has 0 fully saturated rings. The van der Waals surface area contributed by atoms with Gasteiger partial charge in [0.1, 0.15) is 0 Å². The Morgan fingerprint density at radius 3 is 2.26 bits per heavy atom. The summed E-state index contributed by atoms with van der Waals surface area (Å²) in [5.74, 6) is 1.81. The lowest BCUT2D eigenvalue weighted by atomic mass is 10.1. The molecule has 1 unspecified atom stereocenters. The molecule has 0 aliphatic carbocycles. The molecule has 0 saturated heterocycles. The van der Waals surface area contributed by atoms with Crippen molar-refractivity contribution in [2.24, 2.45) is 5.92 Å². The average molecular weight is 332 g/mol. The summed E-state index contributed by atoms with van der Waals surface area (Å²) in [6.07, 6.45) is -0.590. The van der Waals surface area contributed by atoms with Gasteiger partial charge in [0.15, 0.2) is 11.5 Å². The fraction of sp³-hybridized carbons (Fsp3) is 0.571. The van der Waals surface area contributed by atoms with Crippen LogP contribution in [0, 0.1) is 5.92 Å². The average Bonchev–Trinajstić information content (AvgIpc) is 2.37. The van der Waals surface area contributed by atoms with Crippen molar-refractivity contribution in [3.8, 4) is 11.5 Å². The van der Waals surface area contributed by atoms with E-state index in [4.69, 9.17) is 9.47 Å². The predicted molar refractivity (Wildman–Crippen MR) is 79.9 cm³/mol. The lowest BCUT2D eigenvalue weighted by Crippen LogP contribution is -2.25. The van der Waals surface area contributed by atoms with Gasteiger partial charge in [0.2, 0.25) is 0 Å². The third-order valence-corrected chi connectivity index (χ3v) is 3.44. The Morgan fingerprint density at radius 1 is 1.16 bits per heavy atom. The normalized spacial score (nSPS) is 12.6. The summed E-state index contributed by atoms with van der Waals surface area (Å²) in [6.45, 7) is 5.64. The molecule has 0 radical (unpaired) electrons. The van der Waals surface area contributed by atoms with Crippen LogP contribution in [0.15, 0.2) is 16.6 Å². The minimum atomic E-state index is -0.590. The standard InChI is InChI=1S/C14H22BrNO3/c1-9(2)7-16-8-12(17)10-5-13(18-3)14(19-4)6-11(10)15/h5-6,9,12,16-17H,7-8H2,1-4H3. The van der Waals surface area contributed by atoms with Crippen LogP contribution in [0.2, 0.25) is 0 Å². The molecule has 108 valence electrons. The highest BCUT2D eigenvalue weighted by Gasteiger charge is 2.16. The number of hydrogen-bond acceptors (Lipinski definition) is 4. The van der Waals surface area contributed by atoms with Crippen molar-refractivity contribution >= 4 is 15.9 Å². The maximum absolute atomic E-state index is 10.2. The van der Waals surface area contributed by atoms with Crippen LogP contribution in [0.3, 0.4) is 0 Å². The minimum absolute atomic E-state index is 0.506. The fourth-order valence-corrected chi connectivity index (χ4v) is 2.33. The Hall–Kier alpha value is -0.780. The summed E-state index contributed by atoms with van der Waals surface area (Å²) >= 11 is 3.45. The van der Waals surface area contributed by atoms with E-state index in [9.17, 15) is 5.11 Å². The molecule has 0 heterocycles. The first kappa shape index (κ1) is 16.3. The molecule has 0 aromatic heterocycles. The smallest absolute Gasteiger partial charge is 0.161 e. The Kier molecular flexibility index (Phi) is 6.62. The molecule has 0 amide bonds. The van der Waals surface area contributed by atoms with Crippen molar-refractivity contribution < 1.29 is 14.6 Å². The first-order chi connectivity index (χ1) is 8.99. The summed E-state index contributed by atoms with van der Waals surface area (Å²) in [6, 6.07) is 3.60. The highest BCUT2D eigenvalue weighted by Crippen LogP contribution is 2.35. The monoisotopic (exact) mass is 331 g/mol. The van der Waals surface area contributed by atoms with E-state index in [-0.39, 0.29) is 0 Å². The maximum atomic E-state index is 10.2. The van der Waals surface area contributed by atoms with E-state index >= 15 is 0 Å². The summed E-state index contributed by atoms with van der Waals surface area (Å²) in [4.78, 5) is 0. The zero-order valence-electron chi connectivity index (χ0n) is 11.9. The maximum Gasteiger partial charge on any atom is 0.161 e. The number of halogens is 1. The van der Waals surface area contributed by atoms with Crippen molar-refractivity contribution in [2.75, 3.05) is 27.3 Å². The van der Waals surface area contributed by atoms with Crippen LogP contribution in [0.5, 0.6) is 11.5 Å². The molecule has 1 atom stereocenters. The molecule has 4 nitrogen and oxygen atoms in total. The molecule has 0 aliphatic rings. The molecule has 1 rings (SSSR count). The topological polar surface area (TPSA) is 50.7 Å². The van der Waals surface area contributed by atoms with Gasteiger partial charge in [-0.2, -0.15) is 0 Å². The van der Waals surface area contributed by atoms with E-state index in [1.807, 2.05) is 0 Å². The first-order valence-electron chi connectivity index (χ1n) is 6.29. The third-order valence-electron chi connectivity index (χ3n) is 2.75. The molecule has 5 heteroatoms. The van der Waals surface area contributed by atoms with Crippen molar-refractivity contribution in [1.29, 1.82) is 0 Å². The summed E-state index contributed by atoms with van der Waals surface area (Å²) in [5.41, 5.74) is 0.786. The minimum Gasteiger partial charge on any atom is -0.493 e. The lowest BCUT2D eigenvalue weighted by molar-refractivity contribution is 0.172. The lowest BCUT2D eigenvalue weighted by Gasteiger charge is -2.17. The number of hydrogen-bond donors (Lipinski definition) is 2. The van der Waals surface area contributed by atoms with Crippen LogP contribution in [-0.2, 0) is 0 Å². The second kappa shape index (κ2) is 7.72. The molecule has 19 heavy (non-hydrogen) atoms. The van der Waals surface area contributed by atoms with Gasteiger partial charge in [-0.3, -0.25) is 0 Å². The van der Waals surface area contributed by atoms with Crippen LogP contribution >= 0.6 is 15.9 Å². The van der Waals surface area contributed by atoms with Gasteiger partial charge >= 0.3 is 0 Å². The van der Waals surface area contributed by atoms with Crippen LogP contribution in [0.1, 0.15) is 25.5 Å². The molecule has 2 N–H and O–H groups in total. The zero-order chi connectivity index (χ0) is 14.4. The van der Waals surface area contributed by atoms with E-state index in [1.165, 1.54) is 0 Å². The van der Waals surface area contributed by atoms with E-state index in [0.29, 0.717) is 24.0 Å². The van der Waals surface area contributed by atoms with Crippen molar-refractivity contribution in [1.82, 2.24) is 5.32 Å². The quantitative estimate of drug-likeness (QED) is 0.806. The van der Waals surface area contributed by atoms with E-state index < -0.39 is 6.10 Å². The molecular weight excluding hydrogens is 310 g/mol. The molecule has 1 aromatic rings. The van der Waals surface area contributed by atoms with Gasteiger partial charge in [0, 0.05) is 11.0 Å². The Balaban J connectivity index is 2.81. The second-order valence-corrected chi connectivity index (χ2v) is 5.65. The number of nitrogens with one attached hydrogen (secondary N) is 1. The Morgan fingerprint density at radius 2 is 1.74 bits per heavy atom. The Labute approximate surface area is 123 Å². The van der Waals surface area contributed by atoms with Gasteiger partial charge in [-0.25, -0.2) is 0 Å². The molecular formula is C14H22BrNO3. The van der Waals surface area contributed by atoms with Crippen molar-refractivity contribution in [3.05, 3.63) is 22.2 Å². The van der Waals surface area contributed by atoms with Gasteiger partial charge in [-0.1, -0.05) is 29.8 Å². The van der Waals surface area contributed by atoms with Gasteiger partial charge in [0.25, 0.3) is 0 Å². The van der Waals surface area contributed by atoms with Gasteiger partial charge in [0.05, 0.1) is 20.3 Å². The summed E-state index contributed by atoms with van der Waals surface area (Å²) in [7, 11) is 3.17. The predicted octanol–water partition coefficient (Wildman–Crippen LogP) is 2.75. The van der Waals surface area contributed by atoms with Gasteiger partial charge in [-0.15, -0.1) is 0 Å². The van der Waals surface area contributed by atoms with E-state index in [1.54, 1.807) is 26.4 Å². The highest BCUT2D eigenvalue weighted by molar-refractivity contribution is 9.10. The van der Waals surface area contributed by atoms with Gasteiger partial charge < -0.3 is 19.9 Å². The largest absolute Gasteiger partial charge is 0.493 e. The second-order valence-electron chi connectivity index (χ2n) is 4.80. The number of aliphatic hydroxyl groups is 1. The van der Waals surface area contributed by atoms with Crippen molar-refractivity contribution in [2.45, 2.75) is 20.0 Å². The van der Waals surface area contributed by atoms with Crippen LogP contribution in [0.4, 0.5) is 0 Å². The van der Waals surface area contributed by atoms with Gasteiger partial charge in [-0.05, 0) is 30.2 Å². The van der Waals surface area contributed by atoms with E-state index in [0.717, 1.165) is 16.6 Å². The number of rotatable bonds is 7. The number of methoxy groups -OCH3 is 2. The van der Waals surface area contributed by atoms with Crippen LogP contribution < -0.4 is 14.8 Å². The molecule has 0 spiro atoms. The Bertz CT molecular complexity index is 410. The summed E-state index contributed by atoms with van der Waals surface area (Å²) in [5, 5.41) is 13.4. The fourth-order valence-electron chi connectivity index (χ4n) is 1.74. The number of aliphatic hydroxyl groups excluding tert-OH is 1. The molecule has 1 aromatic carbocycles. The zero-order valence-corrected chi connectivity index (χ0v) is 13.5. The van der Waals surface area contributed by atoms with Crippen molar-refractivity contribution in [3.63, 3.8) is 0 Å². The molecule has 0 aliphatic heterocycles.